The molecule has 5 N–H and O–H groups in total. The number of phosphoric ester groups is 1. The van der Waals surface area contributed by atoms with Gasteiger partial charge in [-0.1, -0.05) is 0 Å². The molecule has 0 saturated carbocycles. The van der Waals surface area contributed by atoms with Crippen LogP contribution in [0.25, 0.3) is 0 Å². The van der Waals surface area contributed by atoms with Crippen LogP contribution in [0.5, 0.6) is 0 Å². The van der Waals surface area contributed by atoms with Crippen LogP contribution >= 0.6 is 7.82 Å². The van der Waals surface area contributed by atoms with Crippen LogP contribution in [0.15, 0.2) is 0 Å². The predicted molar refractivity (Wildman–Crippen MR) is 45.9 cm³/mol. The molecule has 96 valence electrons. The zero-order valence-corrected chi connectivity index (χ0v) is 11.8. The summed E-state index contributed by atoms with van der Waals surface area (Å²) in [7, 11) is -4.82. The van der Waals surface area contributed by atoms with E-state index in [2.05, 4.69) is 4.52 Å². The third-order valence-corrected chi connectivity index (χ3v) is 2.11. The number of aliphatic hydroxyl groups excluding tert-OH is 3. The third-order valence-electron chi connectivity index (χ3n) is 1.63. The van der Waals surface area contributed by atoms with Crippen LogP contribution in [0.1, 0.15) is 0 Å². The van der Waals surface area contributed by atoms with E-state index in [9.17, 15) is 14.5 Å². The second-order valence-corrected chi connectivity index (χ2v) is 4.17. The molecule has 0 spiro atoms. The van der Waals surface area contributed by atoms with Gasteiger partial charge in [-0.25, -0.2) is 4.57 Å². The normalized spacial score (nSPS) is 18.7. The Hall–Kier alpha value is 0.620. The molecule has 0 unspecified atom stereocenters. The fraction of sp³-hybridized carbons (Fsp3) is 0.833. The first-order valence-corrected chi connectivity index (χ1v) is 5.57. The quantitative estimate of drug-likeness (QED) is 0.173. The van der Waals surface area contributed by atoms with Crippen molar-refractivity contribution in [3.8, 4) is 0 Å². The van der Waals surface area contributed by atoms with Gasteiger partial charge in [-0.2, -0.15) is 0 Å². The summed E-state index contributed by atoms with van der Waals surface area (Å²) < 4.78 is 14.0. The molecule has 0 saturated heterocycles. The molecule has 0 aliphatic heterocycles. The minimum absolute atomic E-state index is 0. The molecule has 0 fully saturated rings. The number of aliphatic hydroxyl groups is 3. The third kappa shape index (κ3) is 8.36. The van der Waals surface area contributed by atoms with E-state index >= 15 is 0 Å². The van der Waals surface area contributed by atoms with Gasteiger partial charge in [0, 0.05) is 0 Å². The van der Waals surface area contributed by atoms with Gasteiger partial charge < -0.3 is 35.0 Å². The maximum absolute atomic E-state index is 10.7. The Kier molecular flexibility index (Phi) is 10.2. The van der Waals surface area contributed by atoms with E-state index < -0.39 is 38.8 Å². The Bertz CT molecular complexity index is 268. The first-order valence-electron chi connectivity index (χ1n) is 4.04. The van der Waals surface area contributed by atoms with Gasteiger partial charge in [-0.05, 0) is 6.10 Å². The molecule has 0 aliphatic rings. The summed E-state index contributed by atoms with van der Waals surface area (Å²) in [6.45, 7) is -0.992. The van der Waals surface area contributed by atoms with E-state index in [0.717, 1.165) is 0 Å². The molecule has 0 amide bonds. The molecule has 17 heavy (non-hydrogen) atoms. The van der Waals surface area contributed by atoms with Crippen LogP contribution < -0.4 is 34.7 Å². The smallest absolute Gasteiger partial charge is 0.845 e. The Morgan fingerprint density at radius 2 is 1.71 bits per heavy atom. The Morgan fingerprint density at radius 1 is 1.24 bits per heavy atom. The molecule has 0 bridgehead atoms. The van der Waals surface area contributed by atoms with Gasteiger partial charge in [0.1, 0.15) is 18.5 Å². The van der Waals surface area contributed by atoms with E-state index in [-0.39, 0.29) is 35.8 Å². The van der Waals surface area contributed by atoms with Gasteiger partial charge in [0.15, 0.2) is 0 Å². The number of carbonyl (C=O) groups is 1. The van der Waals surface area contributed by atoms with E-state index in [0.29, 0.717) is 0 Å². The van der Waals surface area contributed by atoms with Gasteiger partial charge >= 0.3 is 37.4 Å². The molecule has 0 heterocycles. The zero-order valence-electron chi connectivity index (χ0n) is 8.91. The largest absolute Gasteiger partial charge is 1.00 e. The van der Waals surface area contributed by atoms with Crippen molar-refractivity contribution in [1.82, 2.24) is 0 Å². The van der Waals surface area contributed by atoms with Crippen LogP contribution in [0.2, 0.25) is 0 Å². The molecule has 0 aromatic rings. The summed E-state index contributed by atoms with van der Waals surface area (Å²) in [5.74, 6) is 0. The minimum Gasteiger partial charge on any atom is -0.845 e. The Balaban J connectivity index is 0. The van der Waals surface area contributed by atoms with Crippen molar-refractivity contribution < 1.29 is 73.7 Å². The van der Waals surface area contributed by atoms with Crippen molar-refractivity contribution in [2.24, 2.45) is 0 Å². The molecule has 4 atom stereocenters. The first kappa shape index (κ1) is 19.9. The number of aldehydes is 1. The predicted octanol–water partition coefficient (Wildman–Crippen LogP) is -6.89. The fourth-order valence-corrected chi connectivity index (χ4v) is 1.12. The average Bonchev–Trinajstić information content (AvgIpc) is 2.21. The molecule has 0 aromatic heterocycles. The molecule has 9 nitrogen and oxygen atoms in total. The van der Waals surface area contributed by atoms with Crippen LogP contribution in [0.3, 0.4) is 0 Å². The summed E-state index contributed by atoms with van der Waals surface area (Å²) in [5.41, 5.74) is 0. The average molecular weight is 282 g/mol. The maximum atomic E-state index is 10.7. The second kappa shape index (κ2) is 8.68. The van der Waals surface area contributed by atoms with E-state index in [1.165, 1.54) is 0 Å². The van der Waals surface area contributed by atoms with Crippen LogP contribution in [0, 0.1) is 0 Å². The van der Waals surface area contributed by atoms with Gasteiger partial charge in [-0.15, -0.1) is 0 Å². The SMILES string of the molecule is O=C[C@H]([O-])[C@@H](O)[C@H](O)[C@H](O)COP(=O)(O)O.[Na+]. The fourth-order valence-electron chi connectivity index (χ4n) is 0.774. The molecule has 0 aliphatic carbocycles. The van der Waals surface area contributed by atoms with Crippen molar-refractivity contribution in [2.75, 3.05) is 6.61 Å². The second-order valence-electron chi connectivity index (χ2n) is 2.94. The summed E-state index contributed by atoms with van der Waals surface area (Å²) in [6.07, 6.45) is -8.38. The summed E-state index contributed by atoms with van der Waals surface area (Å²) in [5, 5.41) is 37.8. The van der Waals surface area contributed by atoms with Crippen molar-refractivity contribution in [1.29, 1.82) is 0 Å². The maximum Gasteiger partial charge on any atom is 1.00 e. The van der Waals surface area contributed by atoms with Crippen molar-refractivity contribution >= 4 is 14.1 Å². The number of hydrogen-bond acceptors (Lipinski definition) is 7. The molecular formula is C6H12NaO9P. The van der Waals surface area contributed by atoms with Gasteiger partial charge in [0.25, 0.3) is 0 Å². The van der Waals surface area contributed by atoms with Gasteiger partial charge in [0.05, 0.1) is 12.7 Å². The monoisotopic (exact) mass is 282 g/mol. The van der Waals surface area contributed by atoms with Crippen molar-refractivity contribution in [3.05, 3.63) is 0 Å². The van der Waals surface area contributed by atoms with E-state index in [1.54, 1.807) is 0 Å². The number of hydrogen-bond donors (Lipinski definition) is 5. The summed E-state index contributed by atoms with van der Waals surface area (Å²) in [6, 6.07) is 0. The molecular weight excluding hydrogens is 270 g/mol. The molecule has 0 rings (SSSR count). The molecule has 0 radical (unpaired) electrons. The number of carbonyl (C=O) groups excluding carboxylic acids is 1. The van der Waals surface area contributed by atoms with E-state index in [4.69, 9.17) is 25.1 Å². The zero-order chi connectivity index (χ0) is 12.9. The van der Waals surface area contributed by atoms with Gasteiger partial charge in [-0.3, -0.25) is 4.52 Å². The van der Waals surface area contributed by atoms with Crippen LogP contribution in [-0.4, -0.2) is 62.4 Å². The van der Waals surface area contributed by atoms with Crippen molar-refractivity contribution in [3.63, 3.8) is 0 Å². The topological polar surface area (TPSA) is 168 Å². The summed E-state index contributed by atoms with van der Waals surface area (Å²) >= 11 is 0. The number of rotatable bonds is 7. The van der Waals surface area contributed by atoms with Crippen molar-refractivity contribution in [2.45, 2.75) is 24.4 Å². The summed E-state index contributed by atoms with van der Waals surface area (Å²) in [4.78, 5) is 26.5. The first-order chi connectivity index (χ1) is 7.19. The number of phosphoric acid groups is 1. The standard InChI is InChI=1S/C6H12O9P.Na/c7-1-3(8)5(10)6(11)4(9)2-15-16(12,13)14;/h1,3-6,9-11H,2H2,(H2,12,13,14);/q-1;+1/t3-,4+,5+,6+;/m0./s1. The van der Waals surface area contributed by atoms with E-state index in [1.807, 2.05) is 0 Å². The minimum atomic E-state index is -4.82. The van der Waals surface area contributed by atoms with Crippen LogP contribution in [0.4, 0.5) is 0 Å². The molecule has 0 aromatic carbocycles. The van der Waals surface area contributed by atoms with Crippen LogP contribution in [-0.2, 0) is 13.9 Å². The van der Waals surface area contributed by atoms with Gasteiger partial charge in [0.2, 0.25) is 0 Å². The Labute approximate surface area is 119 Å². The Morgan fingerprint density at radius 3 is 2.06 bits per heavy atom. The molecule has 11 heteroatoms.